The fourth-order valence-electron chi connectivity index (χ4n) is 3.61. The smallest absolute Gasteiger partial charge is 0.243 e. The van der Waals surface area contributed by atoms with Gasteiger partial charge in [-0.1, -0.05) is 23.7 Å². The van der Waals surface area contributed by atoms with Gasteiger partial charge in [-0.3, -0.25) is 4.79 Å². The molecule has 1 amide bonds. The van der Waals surface area contributed by atoms with Gasteiger partial charge in [0.1, 0.15) is 5.75 Å². The van der Waals surface area contributed by atoms with E-state index in [4.69, 9.17) is 16.3 Å². The van der Waals surface area contributed by atoms with Crippen LogP contribution in [0.2, 0.25) is 5.02 Å². The van der Waals surface area contributed by atoms with E-state index in [0.29, 0.717) is 31.0 Å². The average Bonchev–Trinajstić information content (AvgIpc) is 2.77. The first-order valence-electron chi connectivity index (χ1n) is 10.1. The van der Waals surface area contributed by atoms with Gasteiger partial charge in [0.05, 0.1) is 17.9 Å². The van der Waals surface area contributed by atoms with Gasteiger partial charge >= 0.3 is 0 Å². The quantitative estimate of drug-likeness (QED) is 0.624. The van der Waals surface area contributed by atoms with Crippen LogP contribution in [0, 0.1) is 5.92 Å². The van der Waals surface area contributed by atoms with Gasteiger partial charge in [-0.15, -0.1) is 0 Å². The van der Waals surface area contributed by atoms with Crippen LogP contribution in [0.15, 0.2) is 53.4 Å². The molecule has 0 bridgehead atoms. The van der Waals surface area contributed by atoms with Crippen LogP contribution in [0.4, 0.5) is 0 Å². The summed E-state index contributed by atoms with van der Waals surface area (Å²) in [7, 11) is -1.99. The monoisotopic (exact) mass is 450 g/mol. The van der Waals surface area contributed by atoms with Crippen molar-refractivity contribution in [2.24, 2.45) is 5.92 Å². The van der Waals surface area contributed by atoms with Gasteiger partial charge in [0, 0.05) is 24.7 Å². The van der Waals surface area contributed by atoms with Crippen molar-refractivity contribution in [3.8, 4) is 5.75 Å². The number of hydrogen-bond acceptors (Lipinski definition) is 4. The minimum Gasteiger partial charge on any atom is -0.497 e. The minimum atomic E-state index is -3.63. The van der Waals surface area contributed by atoms with Gasteiger partial charge in [-0.05, 0) is 67.6 Å². The number of rotatable bonds is 8. The molecule has 1 N–H and O–H groups in total. The number of carbonyl (C=O) groups is 1. The van der Waals surface area contributed by atoms with Crippen LogP contribution in [-0.4, -0.2) is 45.4 Å². The third-order valence-corrected chi connectivity index (χ3v) is 7.41. The second-order valence-electron chi connectivity index (χ2n) is 7.40. The molecule has 30 heavy (non-hydrogen) atoms. The van der Waals surface area contributed by atoms with Crippen LogP contribution in [-0.2, 0) is 21.2 Å². The lowest BCUT2D eigenvalue weighted by atomic mass is 9.99. The molecule has 1 unspecified atom stereocenters. The molecule has 2 aromatic rings. The third kappa shape index (κ3) is 5.74. The molecule has 1 aliphatic heterocycles. The summed E-state index contributed by atoms with van der Waals surface area (Å²) in [6.45, 7) is 1.17. The maximum Gasteiger partial charge on any atom is 0.243 e. The Morgan fingerprint density at radius 3 is 2.73 bits per heavy atom. The Hall–Kier alpha value is -2.09. The van der Waals surface area contributed by atoms with Crippen LogP contribution >= 0.6 is 11.6 Å². The van der Waals surface area contributed by atoms with Crippen LogP contribution in [0.5, 0.6) is 5.75 Å². The van der Waals surface area contributed by atoms with E-state index in [2.05, 4.69) is 5.32 Å². The number of nitrogens with one attached hydrogen (secondary N) is 1. The van der Waals surface area contributed by atoms with E-state index in [1.807, 2.05) is 24.3 Å². The van der Waals surface area contributed by atoms with E-state index < -0.39 is 10.0 Å². The molecule has 8 heteroatoms. The minimum absolute atomic E-state index is 0.0864. The predicted molar refractivity (Wildman–Crippen MR) is 117 cm³/mol. The molecular formula is C22H27ClN2O4S. The average molecular weight is 451 g/mol. The summed E-state index contributed by atoms with van der Waals surface area (Å²) in [5.74, 6) is 0.398. The second-order valence-corrected chi connectivity index (χ2v) is 9.78. The molecule has 1 atom stereocenters. The molecule has 3 rings (SSSR count). The first-order valence-corrected chi connectivity index (χ1v) is 11.9. The van der Waals surface area contributed by atoms with E-state index in [1.54, 1.807) is 19.2 Å². The molecule has 162 valence electrons. The van der Waals surface area contributed by atoms with Crippen molar-refractivity contribution in [3.63, 3.8) is 0 Å². The Labute approximate surface area is 183 Å². The molecule has 1 fully saturated rings. The van der Waals surface area contributed by atoms with E-state index >= 15 is 0 Å². The summed E-state index contributed by atoms with van der Waals surface area (Å²) in [5.41, 5.74) is 1.15. The van der Waals surface area contributed by atoms with Gasteiger partial charge in [-0.2, -0.15) is 4.31 Å². The summed E-state index contributed by atoms with van der Waals surface area (Å²) in [6.07, 6.45) is 2.99. The SMILES string of the molecule is COc1cccc(CCCNC(=O)C2CCCN(S(=O)(=O)c3ccc(Cl)cc3)C2)c1. The topological polar surface area (TPSA) is 75.7 Å². The van der Waals surface area contributed by atoms with Crippen molar-refractivity contribution in [2.75, 3.05) is 26.7 Å². The molecule has 0 aliphatic carbocycles. The maximum atomic E-state index is 12.9. The largest absolute Gasteiger partial charge is 0.497 e. The number of nitrogens with zero attached hydrogens (tertiary/aromatic N) is 1. The van der Waals surface area contributed by atoms with Crippen molar-refractivity contribution >= 4 is 27.5 Å². The zero-order valence-electron chi connectivity index (χ0n) is 17.0. The van der Waals surface area contributed by atoms with Gasteiger partial charge in [0.15, 0.2) is 0 Å². The molecule has 0 radical (unpaired) electrons. The first kappa shape index (κ1) is 22.6. The summed E-state index contributed by atoms with van der Waals surface area (Å²) < 4.78 is 32.4. The lowest BCUT2D eigenvalue weighted by Crippen LogP contribution is -2.45. The number of ether oxygens (including phenoxy) is 1. The molecular weight excluding hydrogens is 424 g/mol. The number of carbonyl (C=O) groups excluding carboxylic acids is 1. The number of halogens is 1. The molecule has 0 saturated carbocycles. The lowest BCUT2D eigenvalue weighted by Gasteiger charge is -2.31. The summed E-state index contributed by atoms with van der Waals surface area (Å²) >= 11 is 5.86. The van der Waals surface area contributed by atoms with Crippen LogP contribution in [0.25, 0.3) is 0 Å². The van der Waals surface area contributed by atoms with Crippen molar-refractivity contribution in [1.29, 1.82) is 0 Å². The fourth-order valence-corrected chi connectivity index (χ4v) is 5.26. The zero-order valence-corrected chi connectivity index (χ0v) is 18.6. The number of hydrogen-bond donors (Lipinski definition) is 1. The fraction of sp³-hybridized carbons (Fsp3) is 0.409. The van der Waals surface area contributed by atoms with Gasteiger partial charge < -0.3 is 10.1 Å². The standard InChI is InChI=1S/C22H27ClN2O4S/c1-29-20-8-2-5-17(15-20)6-3-13-24-22(26)18-7-4-14-25(16-18)30(27,28)21-11-9-19(23)10-12-21/h2,5,8-12,15,18H,3-4,6-7,13-14,16H2,1H3,(H,24,26). The summed E-state index contributed by atoms with van der Waals surface area (Å²) in [4.78, 5) is 12.8. The second kappa shape index (κ2) is 10.3. The number of amides is 1. The van der Waals surface area contributed by atoms with Gasteiger partial charge in [0.25, 0.3) is 0 Å². The number of aryl methyl sites for hydroxylation is 1. The first-order chi connectivity index (χ1) is 14.4. The summed E-state index contributed by atoms with van der Waals surface area (Å²) in [6, 6.07) is 14.0. The molecule has 0 spiro atoms. The van der Waals surface area contributed by atoms with E-state index in [9.17, 15) is 13.2 Å². The van der Waals surface area contributed by atoms with Gasteiger partial charge in [0.2, 0.25) is 15.9 Å². The normalized spacial score (nSPS) is 17.5. The molecule has 1 heterocycles. The zero-order chi connectivity index (χ0) is 21.6. The maximum absolute atomic E-state index is 12.9. The molecule has 1 aliphatic rings. The van der Waals surface area contributed by atoms with Crippen molar-refractivity contribution in [3.05, 3.63) is 59.1 Å². The highest BCUT2D eigenvalue weighted by Crippen LogP contribution is 2.25. The lowest BCUT2D eigenvalue weighted by molar-refractivity contribution is -0.126. The Morgan fingerprint density at radius 1 is 1.23 bits per heavy atom. The highest BCUT2D eigenvalue weighted by molar-refractivity contribution is 7.89. The van der Waals surface area contributed by atoms with E-state index in [0.717, 1.165) is 24.2 Å². The number of benzene rings is 2. The Kier molecular flexibility index (Phi) is 7.75. The van der Waals surface area contributed by atoms with Crippen molar-refractivity contribution in [2.45, 2.75) is 30.6 Å². The van der Waals surface area contributed by atoms with E-state index in [1.165, 1.54) is 16.4 Å². The molecule has 2 aromatic carbocycles. The number of sulfonamides is 1. The van der Waals surface area contributed by atoms with Crippen molar-refractivity contribution in [1.82, 2.24) is 9.62 Å². The molecule has 1 saturated heterocycles. The summed E-state index contributed by atoms with van der Waals surface area (Å²) in [5, 5.41) is 3.45. The Morgan fingerprint density at radius 2 is 2.00 bits per heavy atom. The van der Waals surface area contributed by atoms with Crippen molar-refractivity contribution < 1.29 is 17.9 Å². The molecule has 6 nitrogen and oxygen atoms in total. The Bertz CT molecular complexity index is 963. The third-order valence-electron chi connectivity index (χ3n) is 5.28. The Balaban J connectivity index is 1.50. The highest BCUT2D eigenvalue weighted by atomic mass is 35.5. The van der Waals surface area contributed by atoms with Crippen LogP contribution in [0.3, 0.4) is 0 Å². The highest BCUT2D eigenvalue weighted by Gasteiger charge is 2.33. The van der Waals surface area contributed by atoms with E-state index in [-0.39, 0.29) is 23.3 Å². The van der Waals surface area contributed by atoms with Crippen LogP contribution in [0.1, 0.15) is 24.8 Å². The number of methoxy groups -OCH3 is 1. The van der Waals surface area contributed by atoms with Gasteiger partial charge in [-0.25, -0.2) is 8.42 Å². The van der Waals surface area contributed by atoms with Crippen LogP contribution < -0.4 is 10.1 Å². The molecule has 0 aromatic heterocycles. The predicted octanol–water partition coefficient (Wildman–Crippen LogP) is 3.50. The number of piperidine rings is 1.